The Hall–Kier alpha value is -3.72. The van der Waals surface area contributed by atoms with Gasteiger partial charge >= 0.3 is 0 Å². The van der Waals surface area contributed by atoms with Gasteiger partial charge in [-0.3, -0.25) is 4.79 Å². The fraction of sp³-hybridized carbons (Fsp3) is 0.280. The lowest BCUT2D eigenvalue weighted by Gasteiger charge is -2.36. The second-order valence-electron chi connectivity index (χ2n) is 7.80. The maximum Gasteiger partial charge on any atom is 0.272 e. The van der Waals surface area contributed by atoms with Crippen LogP contribution in [0.3, 0.4) is 0 Å². The minimum Gasteiger partial charge on any atom is -0.495 e. The summed E-state index contributed by atoms with van der Waals surface area (Å²) in [7, 11) is 1.67. The minimum atomic E-state index is -0.110. The topological polar surface area (TPSA) is 61.5 Å². The average Bonchev–Trinajstić information content (AvgIpc) is 3.22. The second kappa shape index (κ2) is 8.57. The Kier molecular flexibility index (Phi) is 5.68. The van der Waals surface area contributed by atoms with Crippen molar-refractivity contribution in [1.29, 1.82) is 5.26 Å². The molecule has 31 heavy (non-hydrogen) atoms. The van der Waals surface area contributed by atoms with Crippen LogP contribution in [0.15, 0.2) is 54.7 Å². The Labute approximate surface area is 182 Å². The van der Waals surface area contributed by atoms with Gasteiger partial charge < -0.3 is 19.1 Å². The fourth-order valence-corrected chi connectivity index (χ4v) is 4.21. The predicted octanol–water partition coefficient (Wildman–Crippen LogP) is 3.94. The van der Waals surface area contributed by atoms with E-state index in [1.54, 1.807) is 13.2 Å². The molecule has 0 unspecified atom stereocenters. The Morgan fingerprint density at radius 1 is 1.00 bits per heavy atom. The van der Waals surface area contributed by atoms with E-state index >= 15 is 0 Å². The number of nitriles is 1. The van der Waals surface area contributed by atoms with Crippen LogP contribution >= 0.6 is 0 Å². The number of para-hydroxylation sites is 2. The third kappa shape index (κ3) is 3.87. The lowest BCUT2D eigenvalue weighted by Crippen LogP contribution is -2.49. The van der Waals surface area contributed by atoms with Crippen LogP contribution in [0.25, 0.3) is 5.69 Å². The molecule has 4 rings (SSSR count). The summed E-state index contributed by atoms with van der Waals surface area (Å²) in [6.45, 7) is 6.64. The molecule has 1 saturated heterocycles. The first-order valence-corrected chi connectivity index (χ1v) is 10.4. The molecular weight excluding hydrogens is 388 g/mol. The van der Waals surface area contributed by atoms with E-state index in [-0.39, 0.29) is 5.91 Å². The van der Waals surface area contributed by atoms with Crippen LogP contribution in [0.4, 0.5) is 5.69 Å². The van der Waals surface area contributed by atoms with E-state index in [4.69, 9.17) is 4.74 Å². The van der Waals surface area contributed by atoms with E-state index < -0.39 is 0 Å². The van der Waals surface area contributed by atoms with Crippen molar-refractivity contribution in [2.24, 2.45) is 0 Å². The standard InChI is InChI=1S/C25H26N4O2/c1-18-8-9-21(19(2)16-18)29-11-10-20(17-26)24(29)25(30)28-14-12-27(13-15-28)22-6-4-5-7-23(22)31-3/h4-11,16H,12-15H2,1-3H3. The summed E-state index contributed by atoms with van der Waals surface area (Å²) >= 11 is 0. The Balaban J connectivity index is 1.58. The molecule has 0 saturated carbocycles. The van der Waals surface area contributed by atoms with Gasteiger partial charge in [-0.25, -0.2) is 0 Å². The maximum atomic E-state index is 13.5. The molecule has 2 aromatic carbocycles. The van der Waals surface area contributed by atoms with Gasteiger partial charge in [-0.1, -0.05) is 29.8 Å². The zero-order chi connectivity index (χ0) is 22.0. The molecule has 0 radical (unpaired) electrons. The van der Waals surface area contributed by atoms with Gasteiger partial charge in [0.2, 0.25) is 0 Å². The number of carbonyl (C=O) groups excluding carboxylic acids is 1. The largest absolute Gasteiger partial charge is 0.495 e. The number of ether oxygens (including phenoxy) is 1. The molecule has 0 atom stereocenters. The molecule has 2 heterocycles. The van der Waals surface area contributed by atoms with Gasteiger partial charge in [0.25, 0.3) is 5.91 Å². The number of piperazine rings is 1. The van der Waals surface area contributed by atoms with Gasteiger partial charge in [0, 0.05) is 38.1 Å². The number of benzene rings is 2. The number of anilines is 1. The first-order valence-electron chi connectivity index (χ1n) is 10.4. The molecule has 1 aromatic heterocycles. The number of hydrogen-bond donors (Lipinski definition) is 0. The van der Waals surface area contributed by atoms with E-state index in [2.05, 4.69) is 17.0 Å². The zero-order valence-corrected chi connectivity index (χ0v) is 18.1. The molecule has 0 aliphatic carbocycles. The number of aromatic nitrogens is 1. The maximum absolute atomic E-state index is 13.5. The third-order valence-electron chi connectivity index (χ3n) is 5.81. The fourth-order valence-electron chi connectivity index (χ4n) is 4.21. The second-order valence-corrected chi connectivity index (χ2v) is 7.80. The zero-order valence-electron chi connectivity index (χ0n) is 18.1. The SMILES string of the molecule is COc1ccccc1N1CCN(C(=O)c2c(C#N)ccn2-c2ccc(C)cc2C)CC1. The summed E-state index contributed by atoms with van der Waals surface area (Å²) in [5.74, 6) is 0.721. The van der Waals surface area contributed by atoms with Crippen molar-refractivity contribution in [3.05, 3.63) is 77.1 Å². The summed E-state index contributed by atoms with van der Waals surface area (Å²) in [6.07, 6.45) is 1.81. The number of aryl methyl sites for hydroxylation is 2. The molecule has 3 aromatic rings. The van der Waals surface area contributed by atoms with Crippen LogP contribution in [-0.2, 0) is 0 Å². The molecular formula is C25H26N4O2. The summed E-state index contributed by atoms with van der Waals surface area (Å²) in [5.41, 5.74) is 5.01. The van der Waals surface area contributed by atoms with Crippen molar-refractivity contribution in [1.82, 2.24) is 9.47 Å². The predicted molar refractivity (Wildman–Crippen MR) is 121 cm³/mol. The van der Waals surface area contributed by atoms with E-state index in [9.17, 15) is 10.1 Å². The van der Waals surface area contributed by atoms with Crippen molar-refractivity contribution in [3.63, 3.8) is 0 Å². The third-order valence-corrected chi connectivity index (χ3v) is 5.81. The summed E-state index contributed by atoms with van der Waals surface area (Å²) in [6, 6.07) is 17.9. The molecule has 1 fully saturated rings. The minimum absolute atomic E-state index is 0.110. The first-order chi connectivity index (χ1) is 15.0. The van der Waals surface area contributed by atoms with Gasteiger partial charge in [-0.2, -0.15) is 5.26 Å². The van der Waals surface area contributed by atoms with Crippen LogP contribution in [0.2, 0.25) is 0 Å². The van der Waals surface area contributed by atoms with E-state index in [0.717, 1.165) is 28.3 Å². The number of methoxy groups -OCH3 is 1. The lowest BCUT2D eigenvalue weighted by atomic mass is 10.1. The highest BCUT2D eigenvalue weighted by molar-refractivity contribution is 5.96. The van der Waals surface area contributed by atoms with Crippen LogP contribution in [0, 0.1) is 25.2 Å². The number of carbonyl (C=O) groups is 1. The number of hydrogen-bond acceptors (Lipinski definition) is 4. The molecule has 158 valence electrons. The lowest BCUT2D eigenvalue weighted by molar-refractivity contribution is 0.0738. The van der Waals surface area contributed by atoms with Crippen molar-refractivity contribution in [2.45, 2.75) is 13.8 Å². The van der Waals surface area contributed by atoms with Crippen molar-refractivity contribution in [3.8, 4) is 17.5 Å². The smallest absolute Gasteiger partial charge is 0.272 e. The molecule has 6 heteroatoms. The van der Waals surface area contributed by atoms with E-state index in [1.165, 1.54) is 0 Å². The summed E-state index contributed by atoms with van der Waals surface area (Å²) in [4.78, 5) is 17.6. The van der Waals surface area contributed by atoms with Crippen molar-refractivity contribution in [2.75, 3.05) is 38.2 Å². The van der Waals surface area contributed by atoms with E-state index in [0.29, 0.717) is 37.4 Å². The molecule has 0 spiro atoms. The molecule has 1 aliphatic rings. The highest BCUT2D eigenvalue weighted by Crippen LogP contribution is 2.29. The number of amides is 1. The van der Waals surface area contributed by atoms with Crippen LogP contribution in [-0.4, -0.2) is 48.7 Å². The van der Waals surface area contributed by atoms with Crippen LogP contribution < -0.4 is 9.64 Å². The Morgan fingerprint density at radius 2 is 1.74 bits per heavy atom. The summed E-state index contributed by atoms with van der Waals surface area (Å²) < 4.78 is 7.33. The normalized spacial score (nSPS) is 13.7. The van der Waals surface area contributed by atoms with Gasteiger partial charge in [-0.05, 0) is 43.7 Å². The van der Waals surface area contributed by atoms with Gasteiger partial charge in [-0.15, -0.1) is 0 Å². The van der Waals surface area contributed by atoms with Gasteiger partial charge in [0.15, 0.2) is 0 Å². The molecule has 0 bridgehead atoms. The Bertz CT molecular complexity index is 1150. The first kappa shape index (κ1) is 20.5. The van der Waals surface area contributed by atoms with E-state index in [1.807, 2.05) is 65.9 Å². The van der Waals surface area contributed by atoms with Crippen molar-refractivity contribution < 1.29 is 9.53 Å². The van der Waals surface area contributed by atoms with Gasteiger partial charge in [0.1, 0.15) is 17.5 Å². The summed E-state index contributed by atoms with van der Waals surface area (Å²) in [5, 5.41) is 9.63. The van der Waals surface area contributed by atoms with Crippen LogP contribution in [0.1, 0.15) is 27.2 Å². The monoisotopic (exact) mass is 414 g/mol. The Morgan fingerprint density at radius 3 is 2.42 bits per heavy atom. The quantitative estimate of drug-likeness (QED) is 0.649. The highest BCUT2D eigenvalue weighted by atomic mass is 16.5. The molecule has 6 nitrogen and oxygen atoms in total. The molecule has 1 aliphatic heterocycles. The average molecular weight is 415 g/mol. The molecule has 1 amide bonds. The van der Waals surface area contributed by atoms with Crippen molar-refractivity contribution >= 4 is 11.6 Å². The number of nitrogens with zero attached hydrogens (tertiary/aromatic N) is 4. The number of rotatable bonds is 4. The van der Waals surface area contributed by atoms with Crippen LogP contribution in [0.5, 0.6) is 5.75 Å². The molecule has 0 N–H and O–H groups in total. The highest BCUT2D eigenvalue weighted by Gasteiger charge is 2.28. The van der Waals surface area contributed by atoms with Gasteiger partial charge in [0.05, 0.1) is 18.4 Å².